The molecule has 0 bridgehead atoms. The summed E-state index contributed by atoms with van der Waals surface area (Å²) in [6.07, 6.45) is 3.45. The van der Waals surface area contributed by atoms with Crippen LogP contribution in [0.5, 0.6) is 0 Å². The zero-order chi connectivity index (χ0) is 12.9. The molecule has 0 spiro atoms. The van der Waals surface area contributed by atoms with Crippen molar-refractivity contribution in [1.82, 2.24) is 0 Å². The second-order valence-electron chi connectivity index (χ2n) is 3.33. The van der Waals surface area contributed by atoms with Crippen molar-refractivity contribution in [2.45, 2.75) is 27.7 Å². The molecule has 3 nitrogen and oxygen atoms in total. The molecule has 0 aromatic rings. The molecule has 0 saturated heterocycles. The molecule has 5 heteroatoms. The molecule has 0 heterocycles. The van der Waals surface area contributed by atoms with Crippen molar-refractivity contribution < 1.29 is 8.42 Å². The smallest absolute Gasteiger partial charge is 0.227 e. The van der Waals surface area contributed by atoms with Gasteiger partial charge >= 0.3 is 0 Å². The maximum atomic E-state index is 11.3. The lowest BCUT2D eigenvalue weighted by atomic mass is 10.1. The summed E-state index contributed by atoms with van der Waals surface area (Å²) in [5.74, 6) is 0. The second kappa shape index (κ2) is 6.34. The first-order chi connectivity index (χ1) is 7.20. The van der Waals surface area contributed by atoms with Crippen molar-refractivity contribution in [3.8, 4) is 0 Å². The third-order valence-electron chi connectivity index (χ3n) is 2.22. The van der Waals surface area contributed by atoms with E-state index in [-0.39, 0.29) is 0 Å². The van der Waals surface area contributed by atoms with Crippen LogP contribution in [0.3, 0.4) is 0 Å². The molecule has 0 aromatic carbocycles. The summed E-state index contributed by atoms with van der Waals surface area (Å²) >= 11 is 1.42. The van der Waals surface area contributed by atoms with Gasteiger partial charge < -0.3 is 0 Å². The van der Waals surface area contributed by atoms with Gasteiger partial charge in [-0.25, -0.2) is 8.42 Å². The van der Waals surface area contributed by atoms with E-state index in [4.69, 9.17) is 0 Å². The monoisotopic (exact) mass is 353 g/mol. The molecule has 0 aliphatic heterocycles. The van der Waals surface area contributed by atoms with Crippen LogP contribution in [0, 0.1) is 0 Å². The van der Waals surface area contributed by atoms with E-state index in [0.717, 1.165) is 5.70 Å². The molecule has 0 atom stereocenters. The van der Waals surface area contributed by atoms with E-state index < -0.39 is 7.01 Å². The highest BCUT2D eigenvalue weighted by Crippen LogP contribution is 2.21. The number of hydrogen-bond acceptors (Lipinski definition) is 3. The second-order valence-corrected chi connectivity index (χ2v) is 8.30. The van der Waals surface area contributed by atoms with Gasteiger partial charge in [-0.3, -0.25) is 4.99 Å². The summed E-state index contributed by atoms with van der Waals surface area (Å²) in [6.45, 7) is 10.8. The van der Waals surface area contributed by atoms with E-state index in [1.165, 1.54) is 21.2 Å². The molecule has 0 radical (unpaired) electrons. The summed E-state index contributed by atoms with van der Waals surface area (Å²) < 4.78 is 22.6. The van der Waals surface area contributed by atoms with Crippen molar-refractivity contribution in [2.24, 2.45) is 4.99 Å². The van der Waals surface area contributed by atoms with Crippen LogP contribution < -0.4 is 0 Å². The van der Waals surface area contributed by atoms with Crippen LogP contribution in [-0.2, 0) is 7.01 Å². The van der Waals surface area contributed by atoms with Crippen LogP contribution in [0.1, 0.15) is 27.7 Å². The average Bonchev–Trinajstić information content (AvgIpc) is 2.21. The zero-order valence-corrected chi connectivity index (χ0v) is 12.9. The number of rotatable bonds is 4. The maximum absolute atomic E-state index is 11.3. The molecular formula is C11H16INO2S. The largest absolute Gasteiger partial charge is 0.261 e. The summed E-state index contributed by atoms with van der Waals surface area (Å²) in [5.41, 5.74) is 2.12. The summed E-state index contributed by atoms with van der Waals surface area (Å²) in [7, 11) is -3.18. The Morgan fingerprint density at radius 1 is 1.31 bits per heavy atom. The van der Waals surface area contributed by atoms with Crippen molar-refractivity contribution in [2.75, 3.05) is 0 Å². The molecular weight excluding hydrogens is 337 g/mol. The molecule has 0 amide bonds. The third kappa shape index (κ3) is 5.07. The average molecular weight is 353 g/mol. The highest BCUT2D eigenvalue weighted by molar-refractivity contribution is 14.2. The minimum absolute atomic E-state index is 0.322. The molecule has 0 aliphatic carbocycles. The lowest BCUT2D eigenvalue weighted by Gasteiger charge is -2.04. The maximum Gasteiger partial charge on any atom is 0.227 e. The number of nitrogens with zero attached hydrogens (tertiary/aromatic N) is 1. The molecule has 0 aromatic heterocycles. The number of hydrogen-bond donors (Lipinski definition) is 0. The van der Waals surface area contributed by atoms with Crippen molar-refractivity contribution in [3.63, 3.8) is 0 Å². The van der Waals surface area contributed by atoms with Gasteiger partial charge in [-0.15, -0.1) is 0 Å². The number of halogens is 1. The van der Waals surface area contributed by atoms with Crippen LogP contribution in [0.4, 0.5) is 0 Å². The fraction of sp³-hybridized carbons (Fsp3) is 0.364. The van der Waals surface area contributed by atoms with Gasteiger partial charge in [0.25, 0.3) is 0 Å². The van der Waals surface area contributed by atoms with E-state index in [2.05, 4.69) is 11.6 Å². The van der Waals surface area contributed by atoms with Crippen molar-refractivity contribution in [1.29, 1.82) is 0 Å². The lowest BCUT2D eigenvalue weighted by molar-refractivity contribution is 0.617. The molecule has 0 saturated carbocycles. The summed E-state index contributed by atoms with van der Waals surface area (Å²) in [6, 6.07) is 0. The van der Waals surface area contributed by atoms with Gasteiger partial charge in [0.1, 0.15) is 0 Å². The van der Waals surface area contributed by atoms with E-state index in [0.29, 0.717) is 16.1 Å². The minimum atomic E-state index is -3.18. The van der Waals surface area contributed by atoms with Gasteiger partial charge in [0.15, 0.2) is 0 Å². The Kier molecular flexibility index (Phi) is 6.17. The van der Waals surface area contributed by atoms with Gasteiger partial charge in [-0.2, -0.15) is 0 Å². The predicted octanol–water partition coefficient (Wildman–Crippen LogP) is 3.60. The highest BCUT2D eigenvalue weighted by Gasteiger charge is 2.12. The lowest BCUT2D eigenvalue weighted by Crippen LogP contribution is -1.97. The molecule has 0 N–H and O–H groups in total. The minimum Gasteiger partial charge on any atom is -0.261 e. The normalized spacial score (nSPS) is 15.2. The topological polar surface area (TPSA) is 46.5 Å². The molecule has 0 unspecified atom stereocenters. The van der Waals surface area contributed by atoms with Gasteiger partial charge in [0.05, 0.1) is 26.1 Å². The van der Waals surface area contributed by atoms with Crippen molar-refractivity contribution >= 4 is 34.4 Å². The summed E-state index contributed by atoms with van der Waals surface area (Å²) in [5, 5.41) is 0. The Bertz CT molecular complexity index is 470. The van der Waals surface area contributed by atoms with Crippen molar-refractivity contribution in [3.05, 3.63) is 34.4 Å². The van der Waals surface area contributed by atoms with E-state index in [1.54, 1.807) is 20.1 Å². The van der Waals surface area contributed by atoms with E-state index in [1.807, 2.05) is 19.9 Å². The van der Waals surface area contributed by atoms with Gasteiger partial charge in [0, 0.05) is 11.9 Å². The summed E-state index contributed by atoms with van der Waals surface area (Å²) in [4.78, 5) is 4.46. The van der Waals surface area contributed by atoms with Gasteiger partial charge in [0.2, 0.25) is 7.01 Å². The predicted molar refractivity (Wildman–Crippen MR) is 78.4 cm³/mol. The zero-order valence-electron chi connectivity index (χ0n) is 9.91. The van der Waals surface area contributed by atoms with Crippen LogP contribution in [0.25, 0.3) is 0 Å². The first-order valence-corrected chi connectivity index (χ1v) is 8.71. The quantitative estimate of drug-likeness (QED) is 0.336. The Morgan fingerprint density at radius 2 is 1.81 bits per heavy atom. The fourth-order valence-corrected chi connectivity index (χ4v) is 2.25. The van der Waals surface area contributed by atoms with E-state index >= 15 is 0 Å². The van der Waals surface area contributed by atoms with Crippen LogP contribution in [-0.4, -0.2) is 14.6 Å². The number of aliphatic imine (C=N–C) groups is 1. The Hall–Kier alpha value is -0.430. The Balaban J connectivity index is 5.12. The van der Waals surface area contributed by atoms with Crippen LogP contribution in [0.15, 0.2) is 39.4 Å². The van der Waals surface area contributed by atoms with Crippen LogP contribution in [0.2, 0.25) is 0 Å². The standard InChI is InChI=1S/C11H16INO2S/c1-6-9(3)13-7-8(2)10(4)11(5)16(12,14)15/h6-7H,2H2,1,3-5H3/b9-6-,11-10+,13-7-. The molecule has 0 rings (SSSR count). The highest BCUT2D eigenvalue weighted by atomic mass is 127. The molecule has 16 heavy (non-hydrogen) atoms. The first-order valence-electron chi connectivity index (χ1n) is 4.68. The van der Waals surface area contributed by atoms with Gasteiger partial charge in [-0.1, -0.05) is 12.7 Å². The Morgan fingerprint density at radius 3 is 2.19 bits per heavy atom. The van der Waals surface area contributed by atoms with Crippen LogP contribution >= 0.6 is 21.2 Å². The first kappa shape index (κ1) is 15.6. The molecule has 90 valence electrons. The van der Waals surface area contributed by atoms with E-state index in [9.17, 15) is 8.42 Å². The molecule has 0 fully saturated rings. The Labute approximate surface area is 110 Å². The third-order valence-corrected chi connectivity index (χ3v) is 5.24. The fourth-order valence-electron chi connectivity index (χ4n) is 0.760. The SMILES string of the molecule is C=C(/C=N\C(C)=C/C)/C(C)=C(\C)S(=O)(=O)I. The molecule has 0 aliphatic rings. The van der Waals surface area contributed by atoms with Gasteiger partial charge in [-0.05, 0) is 38.8 Å². The number of allylic oxidation sites excluding steroid dienone is 5.